The van der Waals surface area contributed by atoms with E-state index in [2.05, 4.69) is 143 Å². The van der Waals surface area contributed by atoms with Crippen LogP contribution in [0.4, 0.5) is 0 Å². The second-order valence-electron chi connectivity index (χ2n) is 12.3. The van der Waals surface area contributed by atoms with E-state index in [0.717, 1.165) is 67.8 Å². The Morgan fingerprint density at radius 3 is 1.64 bits per heavy atom. The first kappa shape index (κ1) is 31.9. The third-order valence-electron chi connectivity index (χ3n) is 8.53. The third kappa shape index (κ3) is 6.77. The van der Waals surface area contributed by atoms with E-state index in [9.17, 15) is 0 Å². The van der Waals surface area contributed by atoms with Gasteiger partial charge in [-0.15, -0.1) is 5.92 Å². The lowest BCUT2D eigenvalue weighted by atomic mass is 9.90. The number of benzene rings is 4. The van der Waals surface area contributed by atoms with Gasteiger partial charge in [0.05, 0.1) is 0 Å². The molecule has 224 valence electrons. The predicted molar refractivity (Wildman–Crippen MR) is 200 cm³/mol. The van der Waals surface area contributed by atoms with Gasteiger partial charge in [-0.25, -0.2) is 0 Å². The number of hydrogen-bond acceptors (Lipinski definition) is 0. The van der Waals surface area contributed by atoms with Gasteiger partial charge >= 0.3 is 0 Å². The van der Waals surface area contributed by atoms with Gasteiger partial charge in [0, 0.05) is 44.2 Å². The summed E-state index contributed by atoms with van der Waals surface area (Å²) in [7, 11) is -1.24. The maximum Gasteiger partial charge on any atom is 0.0411 e. The van der Waals surface area contributed by atoms with Crippen LogP contribution in [0, 0.1) is 46.7 Å². The highest BCUT2D eigenvalue weighted by molar-refractivity contribution is 8.38. The van der Waals surface area contributed by atoms with Crippen molar-refractivity contribution in [3.05, 3.63) is 118 Å². The van der Waals surface area contributed by atoms with Gasteiger partial charge in [0.2, 0.25) is 0 Å². The maximum absolute atomic E-state index is 3.96. The second kappa shape index (κ2) is 14.1. The fraction of sp³-hybridized carbons (Fsp3) is 0.273. The summed E-state index contributed by atoms with van der Waals surface area (Å²) in [5, 5.41) is 9.87. The summed E-state index contributed by atoms with van der Waals surface area (Å²) in [4.78, 5) is 0. The highest BCUT2D eigenvalue weighted by Gasteiger charge is 2.33. The number of fused-ring (bicyclic) bond motifs is 2. The number of rotatable bonds is 3. The normalized spacial score (nSPS) is 12.9. The van der Waals surface area contributed by atoms with Crippen molar-refractivity contribution in [2.45, 2.75) is 77.1 Å². The molecular formula is C44H42S. The molecule has 0 N–H and O–H groups in total. The summed E-state index contributed by atoms with van der Waals surface area (Å²) in [5.41, 5.74) is 6.11. The summed E-state index contributed by atoms with van der Waals surface area (Å²) >= 11 is 0. The SMILES string of the molecule is CC#Cc1c2ccc(C#CC3=CCCC=C3)cc2c(C#CS(C(C)C)(C(C)C)C(C)C)c2ccc(C#Cc3ccccc3)cc12. The fourth-order valence-electron chi connectivity index (χ4n) is 6.42. The summed E-state index contributed by atoms with van der Waals surface area (Å²) in [6, 6.07) is 23.2. The Kier molecular flexibility index (Phi) is 9.96. The molecule has 45 heavy (non-hydrogen) atoms. The standard InChI is InChI=1S/C44H42S/c1-8-15-39-40-26-24-38(23-21-36-18-13-10-14-19-36)31-44(40)42(28-29-45(32(2)3,33(4)5)34(6)7)41-27-25-37(30-43(39)41)22-20-35-16-11-9-12-17-35/h9,11-13,16-19,24-27,30-34H,10,14H2,1-7H3. The lowest BCUT2D eigenvalue weighted by molar-refractivity contribution is 0.959. The van der Waals surface area contributed by atoms with E-state index in [4.69, 9.17) is 0 Å². The van der Waals surface area contributed by atoms with Gasteiger partial charge in [-0.05, 0) is 87.9 Å². The lowest BCUT2D eigenvalue weighted by Gasteiger charge is -2.46. The molecule has 0 amide bonds. The molecule has 1 aliphatic rings. The second-order valence-corrected chi connectivity index (χ2v) is 16.8. The van der Waals surface area contributed by atoms with Crippen molar-refractivity contribution in [2.24, 2.45) is 0 Å². The molecule has 1 heteroatoms. The van der Waals surface area contributed by atoms with Crippen molar-refractivity contribution in [2.75, 3.05) is 0 Å². The zero-order valence-corrected chi connectivity index (χ0v) is 28.5. The van der Waals surface area contributed by atoms with Crippen LogP contribution >= 0.6 is 10.0 Å². The van der Waals surface area contributed by atoms with Crippen LogP contribution in [0.3, 0.4) is 0 Å². The minimum absolute atomic E-state index is 0.492. The van der Waals surface area contributed by atoms with Crippen molar-refractivity contribution in [3.63, 3.8) is 0 Å². The molecular weight excluding hydrogens is 561 g/mol. The van der Waals surface area contributed by atoms with Gasteiger partial charge in [0.1, 0.15) is 0 Å². The summed E-state index contributed by atoms with van der Waals surface area (Å²) in [5.74, 6) is 24.0. The molecule has 4 aromatic rings. The Bertz CT molecular complexity index is 2030. The van der Waals surface area contributed by atoms with Crippen LogP contribution in [0.15, 0.2) is 90.5 Å². The first-order valence-electron chi connectivity index (χ1n) is 16.0. The van der Waals surface area contributed by atoms with Crippen LogP contribution in [0.5, 0.6) is 0 Å². The van der Waals surface area contributed by atoms with E-state index in [0.29, 0.717) is 15.7 Å². The predicted octanol–water partition coefficient (Wildman–Crippen LogP) is 10.7. The fourth-order valence-corrected chi connectivity index (χ4v) is 10.7. The molecule has 5 rings (SSSR count). The Morgan fingerprint density at radius 1 is 0.556 bits per heavy atom. The van der Waals surface area contributed by atoms with E-state index in [-0.39, 0.29) is 0 Å². The van der Waals surface area contributed by atoms with Crippen molar-refractivity contribution in [3.8, 4) is 46.7 Å². The third-order valence-corrected chi connectivity index (χ3v) is 13.7. The molecule has 0 bridgehead atoms. The van der Waals surface area contributed by atoms with Crippen molar-refractivity contribution < 1.29 is 0 Å². The Hall–Kier alpha value is -4.53. The molecule has 0 saturated carbocycles. The van der Waals surface area contributed by atoms with Crippen molar-refractivity contribution >= 4 is 31.6 Å². The van der Waals surface area contributed by atoms with Crippen LogP contribution in [0.2, 0.25) is 0 Å². The smallest absolute Gasteiger partial charge is 0.0411 e. The van der Waals surface area contributed by atoms with Gasteiger partial charge in [-0.1, -0.05) is 126 Å². The largest absolute Gasteiger partial charge is 0.170 e. The quantitative estimate of drug-likeness (QED) is 0.162. The van der Waals surface area contributed by atoms with Crippen molar-refractivity contribution in [1.29, 1.82) is 0 Å². The minimum atomic E-state index is -1.24. The monoisotopic (exact) mass is 602 g/mol. The molecule has 0 nitrogen and oxygen atoms in total. The summed E-state index contributed by atoms with van der Waals surface area (Å²) in [6.07, 6.45) is 8.68. The summed E-state index contributed by atoms with van der Waals surface area (Å²) < 4.78 is 0. The van der Waals surface area contributed by atoms with Crippen LogP contribution in [0.25, 0.3) is 21.5 Å². The molecule has 0 unspecified atom stereocenters. The van der Waals surface area contributed by atoms with E-state index in [1.54, 1.807) is 0 Å². The molecule has 0 radical (unpaired) electrons. The number of hydrogen-bond donors (Lipinski definition) is 0. The first-order chi connectivity index (χ1) is 21.7. The average molecular weight is 603 g/mol. The van der Waals surface area contributed by atoms with Gasteiger partial charge < -0.3 is 0 Å². The van der Waals surface area contributed by atoms with Crippen LogP contribution in [-0.4, -0.2) is 15.7 Å². The van der Waals surface area contributed by atoms with Crippen LogP contribution < -0.4 is 0 Å². The van der Waals surface area contributed by atoms with Gasteiger partial charge in [-0.3, -0.25) is 0 Å². The highest BCUT2D eigenvalue weighted by Crippen LogP contribution is 2.59. The Balaban J connectivity index is 1.81. The highest BCUT2D eigenvalue weighted by atomic mass is 32.3. The molecule has 0 spiro atoms. The van der Waals surface area contributed by atoms with E-state index < -0.39 is 10.0 Å². The lowest BCUT2D eigenvalue weighted by Crippen LogP contribution is -2.27. The zero-order valence-electron chi connectivity index (χ0n) is 27.6. The molecule has 1 aliphatic carbocycles. The van der Waals surface area contributed by atoms with Crippen LogP contribution in [0.1, 0.15) is 89.1 Å². The first-order valence-corrected chi connectivity index (χ1v) is 17.8. The summed E-state index contributed by atoms with van der Waals surface area (Å²) in [6.45, 7) is 16.0. The minimum Gasteiger partial charge on any atom is -0.170 e. The van der Waals surface area contributed by atoms with Gasteiger partial charge in [0.15, 0.2) is 0 Å². The van der Waals surface area contributed by atoms with Gasteiger partial charge in [0.25, 0.3) is 0 Å². The topological polar surface area (TPSA) is 0 Å². The molecule has 4 aromatic carbocycles. The maximum atomic E-state index is 3.96. The van der Waals surface area contributed by atoms with E-state index >= 15 is 0 Å². The van der Waals surface area contributed by atoms with E-state index in [1.165, 1.54) is 0 Å². The molecule has 0 saturated heterocycles. The number of allylic oxidation sites excluding steroid dienone is 4. The van der Waals surface area contributed by atoms with Crippen LogP contribution in [-0.2, 0) is 0 Å². The molecule has 0 atom stereocenters. The molecule has 0 aromatic heterocycles. The van der Waals surface area contributed by atoms with Gasteiger partial charge in [-0.2, -0.15) is 10.0 Å². The molecule has 0 fully saturated rings. The average Bonchev–Trinajstić information content (AvgIpc) is 3.04. The molecule has 0 heterocycles. The zero-order chi connectivity index (χ0) is 32.0. The Labute approximate surface area is 272 Å². The Morgan fingerprint density at radius 2 is 1.11 bits per heavy atom. The van der Waals surface area contributed by atoms with E-state index in [1.807, 2.05) is 37.3 Å². The van der Waals surface area contributed by atoms with Crippen molar-refractivity contribution in [1.82, 2.24) is 0 Å². The molecule has 0 aliphatic heterocycles.